The summed E-state index contributed by atoms with van der Waals surface area (Å²) in [7, 11) is 0. The lowest BCUT2D eigenvalue weighted by atomic mass is 10.2. The predicted octanol–water partition coefficient (Wildman–Crippen LogP) is 3.72. The number of pyridine rings is 1. The summed E-state index contributed by atoms with van der Waals surface area (Å²) < 4.78 is 19.4. The standard InChI is InChI=1S/C21H20FN3O2S/c22-17-6-2-1-5-16(17)18-7-8-19(28-18)21(26)24-14-15-4-3-9-23-20(15)25-10-12-27-13-11-25/h1-9H,10-14H2,(H,24,26). The molecule has 3 heterocycles. The van der Waals surface area contributed by atoms with Crippen LogP contribution < -0.4 is 10.2 Å². The number of carbonyl (C=O) groups excluding carboxylic acids is 1. The quantitative estimate of drug-likeness (QED) is 0.713. The molecule has 1 N–H and O–H groups in total. The fourth-order valence-electron chi connectivity index (χ4n) is 3.16. The minimum Gasteiger partial charge on any atom is -0.378 e. The van der Waals surface area contributed by atoms with Gasteiger partial charge in [-0.2, -0.15) is 0 Å². The Morgan fingerprint density at radius 3 is 2.79 bits per heavy atom. The van der Waals surface area contributed by atoms with E-state index in [-0.39, 0.29) is 11.7 Å². The highest BCUT2D eigenvalue weighted by molar-refractivity contribution is 7.17. The maximum atomic E-state index is 14.0. The zero-order valence-electron chi connectivity index (χ0n) is 15.2. The van der Waals surface area contributed by atoms with Crippen molar-refractivity contribution < 1.29 is 13.9 Å². The molecular formula is C21H20FN3O2S. The third-order valence-electron chi connectivity index (χ3n) is 4.59. The molecule has 1 aliphatic heterocycles. The fraction of sp³-hybridized carbons (Fsp3) is 0.238. The van der Waals surface area contributed by atoms with Crippen LogP contribution in [-0.2, 0) is 11.3 Å². The molecule has 1 fully saturated rings. The Balaban J connectivity index is 1.45. The Morgan fingerprint density at radius 1 is 1.14 bits per heavy atom. The summed E-state index contributed by atoms with van der Waals surface area (Å²) in [6.45, 7) is 3.31. The van der Waals surface area contributed by atoms with E-state index in [9.17, 15) is 9.18 Å². The number of halogens is 1. The van der Waals surface area contributed by atoms with Crippen LogP contribution in [0.2, 0.25) is 0 Å². The van der Waals surface area contributed by atoms with Gasteiger partial charge in [-0.25, -0.2) is 9.37 Å². The van der Waals surface area contributed by atoms with E-state index >= 15 is 0 Å². The first kappa shape index (κ1) is 18.6. The summed E-state index contributed by atoms with van der Waals surface area (Å²) >= 11 is 1.28. The van der Waals surface area contributed by atoms with Crippen LogP contribution in [0.5, 0.6) is 0 Å². The molecule has 0 aliphatic carbocycles. The number of nitrogens with one attached hydrogen (secondary N) is 1. The second-order valence-corrected chi connectivity index (χ2v) is 7.50. The van der Waals surface area contributed by atoms with Crippen molar-refractivity contribution in [3.05, 3.63) is 71.0 Å². The van der Waals surface area contributed by atoms with Crippen molar-refractivity contribution >= 4 is 23.1 Å². The molecule has 28 heavy (non-hydrogen) atoms. The molecule has 0 atom stereocenters. The summed E-state index contributed by atoms with van der Waals surface area (Å²) in [5.41, 5.74) is 1.47. The van der Waals surface area contributed by atoms with E-state index in [2.05, 4.69) is 15.2 Å². The van der Waals surface area contributed by atoms with Gasteiger partial charge < -0.3 is 15.0 Å². The molecule has 1 aromatic carbocycles. The van der Waals surface area contributed by atoms with E-state index in [0.29, 0.717) is 30.2 Å². The molecule has 0 bridgehead atoms. The molecular weight excluding hydrogens is 377 g/mol. The monoisotopic (exact) mass is 397 g/mol. The first-order chi connectivity index (χ1) is 13.7. The average Bonchev–Trinajstić information content (AvgIpc) is 3.23. The van der Waals surface area contributed by atoms with Crippen LogP contribution in [0.3, 0.4) is 0 Å². The number of rotatable bonds is 5. The molecule has 0 unspecified atom stereocenters. The van der Waals surface area contributed by atoms with Gasteiger partial charge in [-0.3, -0.25) is 4.79 Å². The number of anilines is 1. The normalized spacial score (nSPS) is 14.1. The summed E-state index contributed by atoms with van der Waals surface area (Å²) in [6.07, 6.45) is 1.76. The first-order valence-corrected chi connectivity index (χ1v) is 9.93. The number of hydrogen-bond donors (Lipinski definition) is 1. The minimum atomic E-state index is -0.290. The number of hydrogen-bond acceptors (Lipinski definition) is 5. The number of aromatic nitrogens is 1. The van der Waals surface area contributed by atoms with Gasteiger partial charge in [0.2, 0.25) is 0 Å². The van der Waals surface area contributed by atoms with Crippen molar-refractivity contribution in [1.29, 1.82) is 0 Å². The summed E-state index contributed by atoms with van der Waals surface area (Å²) in [6, 6.07) is 13.9. The average molecular weight is 397 g/mol. The summed E-state index contributed by atoms with van der Waals surface area (Å²) in [5, 5.41) is 2.95. The van der Waals surface area contributed by atoms with Crippen molar-refractivity contribution in [3.63, 3.8) is 0 Å². The smallest absolute Gasteiger partial charge is 0.261 e. The molecule has 5 nitrogen and oxygen atoms in total. The maximum absolute atomic E-state index is 14.0. The second kappa shape index (κ2) is 8.50. The highest BCUT2D eigenvalue weighted by atomic mass is 32.1. The number of carbonyl (C=O) groups is 1. The molecule has 3 aromatic rings. The molecule has 1 saturated heterocycles. The number of thiophene rings is 1. The third-order valence-corrected chi connectivity index (χ3v) is 5.70. The Kier molecular flexibility index (Phi) is 5.64. The van der Waals surface area contributed by atoms with E-state index in [4.69, 9.17) is 4.74 Å². The largest absolute Gasteiger partial charge is 0.378 e. The number of nitrogens with zero attached hydrogens (tertiary/aromatic N) is 2. The van der Waals surface area contributed by atoms with E-state index in [1.807, 2.05) is 12.1 Å². The first-order valence-electron chi connectivity index (χ1n) is 9.12. The molecule has 1 amide bonds. The van der Waals surface area contributed by atoms with E-state index < -0.39 is 0 Å². The van der Waals surface area contributed by atoms with Gasteiger partial charge in [0.25, 0.3) is 5.91 Å². The SMILES string of the molecule is O=C(NCc1cccnc1N1CCOCC1)c1ccc(-c2ccccc2F)s1. The topological polar surface area (TPSA) is 54.5 Å². The second-order valence-electron chi connectivity index (χ2n) is 6.41. The zero-order chi connectivity index (χ0) is 19.3. The van der Waals surface area contributed by atoms with Gasteiger partial charge in [-0.15, -0.1) is 11.3 Å². The molecule has 2 aromatic heterocycles. The van der Waals surface area contributed by atoms with Crippen molar-refractivity contribution in [3.8, 4) is 10.4 Å². The van der Waals surface area contributed by atoms with Crippen molar-refractivity contribution in [2.45, 2.75) is 6.54 Å². The van der Waals surface area contributed by atoms with Crippen LogP contribution in [-0.4, -0.2) is 37.2 Å². The minimum absolute atomic E-state index is 0.177. The van der Waals surface area contributed by atoms with Crippen LogP contribution in [0.15, 0.2) is 54.7 Å². The summed E-state index contributed by atoms with van der Waals surface area (Å²) in [4.78, 5) is 20.5. The molecule has 0 saturated carbocycles. The molecule has 0 radical (unpaired) electrons. The number of amides is 1. The molecule has 7 heteroatoms. The Labute approximate surface area is 166 Å². The molecule has 144 valence electrons. The fourth-order valence-corrected chi connectivity index (χ4v) is 4.11. The zero-order valence-corrected chi connectivity index (χ0v) is 16.0. The Hall–Kier alpha value is -2.77. The summed E-state index contributed by atoms with van der Waals surface area (Å²) in [5.74, 6) is 0.413. The molecule has 4 rings (SSSR count). The van der Waals surface area contributed by atoms with Gasteiger partial charge in [0.15, 0.2) is 0 Å². The predicted molar refractivity (Wildman–Crippen MR) is 108 cm³/mol. The maximum Gasteiger partial charge on any atom is 0.261 e. The molecule has 0 spiro atoms. The van der Waals surface area contributed by atoms with Gasteiger partial charge in [0.1, 0.15) is 11.6 Å². The van der Waals surface area contributed by atoms with E-state index in [1.54, 1.807) is 36.5 Å². The van der Waals surface area contributed by atoms with E-state index in [0.717, 1.165) is 29.3 Å². The van der Waals surface area contributed by atoms with Gasteiger partial charge >= 0.3 is 0 Å². The van der Waals surface area contributed by atoms with Gasteiger partial charge in [-0.1, -0.05) is 24.3 Å². The van der Waals surface area contributed by atoms with Crippen LogP contribution in [0.25, 0.3) is 10.4 Å². The lowest BCUT2D eigenvalue weighted by Crippen LogP contribution is -2.37. The highest BCUT2D eigenvalue weighted by Crippen LogP contribution is 2.30. The van der Waals surface area contributed by atoms with Crippen LogP contribution in [0, 0.1) is 5.82 Å². The highest BCUT2D eigenvalue weighted by Gasteiger charge is 2.17. The van der Waals surface area contributed by atoms with Crippen molar-refractivity contribution in [2.24, 2.45) is 0 Å². The van der Waals surface area contributed by atoms with Crippen LogP contribution >= 0.6 is 11.3 Å². The Bertz CT molecular complexity index is 970. The lowest BCUT2D eigenvalue weighted by Gasteiger charge is -2.29. The lowest BCUT2D eigenvalue weighted by molar-refractivity contribution is 0.0954. The van der Waals surface area contributed by atoms with Crippen molar-refractivity contribution in [2.75, 3.05) is 31.2 Å². The van der Waals surface area contributed by atoms with Gasteiger partial charge in [0, 0.05) is 41.8 Å². The molecule has 1 aliphatic rings. The van der Waals surface area contributed by atoms with Crippen LogP contribution in [0.1, 0.15) is 15.2 Å². The number of morpholine rings is 1. The Morgan fingerprint density at radius 2 is 1.96 bits per heavy atom. The number of benzene rings is 1. The van der Waals surface area contributed by atoms with Crippen molar-refractivity contribution in [1.82, 2.24) is 10.3 Å². The van der Waals surface area contributed by atoms with Crippen LogP contribution in [0.4, 0.5) is 10.2 Å². The number of ether oxygens (including phenoxy) is 1. The van der Waals surface area contributed by atoms with E-state index in [1.165, 1.54) is 17.4 Å². The van der Waals surface area contributed by atoms with Gasteiger partial charge in [-0.05, 0) is 24.3 Å². The van der Waals surface area contributed by atoms with Gasteiger partial charge in [0.05, 0.1) is 18.1 Å². The third kappa shape index (κ3) is 4.05.